The fourth-order valence-corrected chi connectivity index (χ4v) is 4.73. The maximum Gasteiger partial charge on any atom is 0.254 e. The third kappa shape index (κ3) is 4.85. The lowest BCUT2D eigenvalue weighted by atomic mass is 10.1. The van der Waals surface area contributed by atoms with Crippen molar-refractivity contribution in [3.63, 3.8) is 0 Å². The van der Waals surface area contributed by atoms with Gasteiger partial charge in [-0.25, -0.2) is 0 Å². The summed E-state index contributed by atoms with van der Waals surface area (Å²) >= 11 is 6.90. The summed E-state index contributed by atoms with van der Waals surface area (Å²) < 4.78 is 7.46. The second-order valence-electron chi connectivity index (χ2n) is 7.88. The molecule has 1 aliphatic rings. The van der Waals surface area contributed by atoms with Gasteiger partial charge in [0.1, 0.15) is 11.8 Å². The lowest BCUT2D eigenvalue weighted by Crippen LogP contribution is -2.47. The Morgan fingerprint density at radius 3 is 2.67 bits per heavy atom. The molecule has 2 aromatic heterocycles. The molecule has 1 atom stereocenters. The number of amides is 2. The molecule has 0 bridgehead atoms. The van der Waals surface area contributed by atoms with Gasteiger partial charge in [0.15, 0.2) is 10.6 Å². The van der Waals surface area contributed by atoms with E-state index in [1.165, 1.54) is 18.4 Å². The number of anilines is 1. The summed E-state index contributed by atoms with van der Waals surface area (Å²) in [6.07, 6.45) is 0. The zero-order valence-electron chi connectivity index (χ0n) is 18.7. The minimum absolute atomic E-state index is 0.0636. The predicted octanol–water partition coefficient (Wildman–Crippen LogP) is 3.27. The van der Waals surface area contributed by atoms with Crippen LogP contribution < -0.4 is 10.1 Å². The van der Waals surface area contributed by atoms with E-state index >= 15 is 0 Å². The molecule has 174 valence electrons. The van der Waals surface area contributed by atoms with Crippen LogP contribution in [0.3, 0.4) is 0 Å². The lowest BCUT2D eigenvalue weighted by Gasteiger charge is -2.32. The number of carbonyl (C=O) groups is 2. The van der Waals surface area contributed by atoms with E-state index in [1.54, 1.807) is 29.7 Å². The van der Waals surface area contributed by atoms with Crippen LogP contribution in [0, 0.1) is 4.77 Å². The van der Waals surface area contributed by atoms with Gasteiger partial charge < -0.3 is 19.9 Å². The van der Waals surface area contributed by atoms with Crippen molar-refractivity contribution in [2.75, 3.05) is 45.7 Å². The third-order valence-electron chi connectivity index (χ3n) is 5.71. The first-order valence-corrected chi connectivity index (χ1v) is 11.9. The number of likely N-dealkylation sites (N-methyl/N-ethyl adjacent to an activating group) is 1. The number of carbonyl (C=O) groups excluding carboxylic acids is 2. The number of piperazine rings is 1. The van der Waals surface area contributed by atoms with E-state index in [2.05, 4.69) is 20.4 Å². The normalized spacial score (nSPS) is 15.3. The molecule has 9 nitrogen and oxygen atoms in total. The van der Waals surface area contributed by atoms with E-state index in [0.717, 1.165) is 18.0 Å². The van der Waals surface area contributed by atoms with E-state index in [0.29, 0.717) is 40.7 Å². The molecule has 2 amide bonds. The number of H-pyrrole nitrogens is 1. The number of nitrogens with one attached hydrogen (secondary N) is 2. The molecule has 1 saturated heterocycles. The van der Waals surface area contributed by atoms with Gasteiger partial charge in [-0.15, -0.1) is 11.3 Å². The van der Waals surface area contributed by atoms with Crippen molar-refractivity contribution in [3.8, 4) is 16.5 Å². The Morgan fingerprint density at radius 1 is 1.24 bits per heavy atom. The Labute approximate surface area is 201 Å². The summed E-state index contributed by atoms with van der Waals surface area (Å²) in [6.45, 7) is 4.76. The van der Waals surface area contributed by atoms with Crippen molar-refractivity contribution in [2.24, 2.45) is 0 Å². The van der Waals surface area contributed by atoms with Crippen LogP contribution in [0.2, 0.25) is 0 Å². The first kappa shape index (κ1) is 23.1. The second-order valence-corrected chi connectivity index (χ2v) is 9.21. The van der Waals surface area contributed by atoms with Gasteiger partial charge in [0.25, 0.3) is 5.91 Å². The zero-order chi connectivity index (χ0) is 23.5. The average Bonchev–Trinajstić information content (AvgIpc) is 3.48. The Bertz CT molecular complexity index is 1200. The number of hydrogen-bond acceptors (Lipinski definition) is 7. The summed E-state index contributed by atoms with van der Waals surface area (Å²) in [5.74, 6) is 0.711. The van der Waals surface area contributed by atoms with Crippen LogP contribution in [0.1, 0.15) is 23.3 Å². The standard InChI is InChI=1S/C22H26N6O3S2/c1-14(28-19(24-25-22(28)32)18-5-4-12-33-18)20(29)23-16-13-15(6-7-17(16)31-3)21(30)27-10-8-26(2)9-11-27/h4-7,12-14H,8-11H2,1-3H3,(H,23,29)(H,25,32). The highest BCUT2D eigenvalue weighted by atomic mass is 32.1. The molecular formula is C22H26N6O3S2. The highest BCUT2D eigenvalue weighted by Crippen LogP contribution is 2.29. The highest BCUT2D eigenvalue weighted by molar-refractivity contribution is 7.71. The van der Waals surface area contributed by atoms with Crippen molar-refractivity contribution in [2.45, 2.75) is 13.0 Å². The minimum Gasteiger partial charge on any atom is -0.495 e. The molecular weight excluding hydrogens is 460 g/mol. The maximum absolute atomic E-state index is 13.2. The van der Waals surface area contributed by atoms with E-state index in [-0.39, 0.29) is 11.8 Å². The summed E-state index contributed by atoms with van der Waals surface area (Å²) in [5.41, 5.74) is 0.935. The zero-order valence-corrected chi connectivity index (χ0v) is 20.3. The molecule has 1 aromatic carbocycles. The summed E-state index contributed by atoms with van der Waals surface area (Å²) in [7, 11) is 3.57. The van der Waals surface area contributed by atoms with Crippen molar-refractivity contribution in [1.29, 1.82) is 0 Å². The van der Waals surface area contributed by atoms with Gasteiger partial charge >= 0.3 is 0 Å². The molecule has 3 aromatic rings. The third-order valence-corrected chi connectivity index (χ3v) is 6.86. The van der Waals surface area contributed by atoms with Gasteiger partial charge in [-0.2, -0.15) is 5.10 Å². The molecule has 33 heavy (non-hydrogen) atoms. The largest absolute Gasteiger partial charge is 0.495 e. The van der Waals surface area contributed by atoms with Gasteiger partial charge in [-0.1, -0.05) is 6.07 Å². The number of aromatic nitrogens is 3. The number of aromatic amines is 1. The quantitative estimate of drug-likeness (QED) is 0.520. The average molecular weight is 487 g/mol. The molecule has 0 aliphatic carbocycles. The number of thiophene rings is 1. The molecule has 2 N–H and O–H groups in total. The molecule has 0 radical (unpaired) electrons. The van der Waals surface area contributed by atoms with Crippen molar-refractivity contribution < 1.29 is 14.3 Å². The van der Waals surface area contributed by atoms with Crippen LogP contribution in [0.4, 0.5) is 5.69 Å². The number of rotatable bonds is 6. The molecule has 1 fully saturated rings. The lowest BCUT2D eigenvalue weighted by molar-refractivity contribution is -0.118. The minimum atomic E-state index is -0.643. The van der Waals surface area contributed by atoms with E-state index in [9.17, 15) is 9.59 Å². The van der Waals surface area contributed by atoms with Gasteiger partial charge in [0.05, 0.1) is 17.7 Å². The number of hydrogen-bond donors (Lipinski definition) is 2. The first-order valence-electron chi connectivity index (χ1n) is 10.6. The van der Waals surface area contributed by atoms with Gasteiger partial charge in [-0.05, 0) is 55.8 Å². The molecule has 1 aliphatic heterocycles. The van der Waals surface area contributed by atoms with E-state index in [4.69, 9.17) is 17.0 Å². The summed E-state index contributed by atoms with van der Waals surface area (Å²) in [6, 6.07) is 8.28. The Morgan fingerprint density at radius 2 is 2.00 bits per heavy atom. The van der Waals surface area contributed by atoms with E-state index < -0.39 is 6.04 Å². The first-order chi connectivity index (χ1) is 15.9. The fourth-order valence-electron chi connectivity index (χ4n) is 3.73. The fraction of sp³-hybridized carbons (Fsp3) is 0.364. The molecule has 11 heteroatoms. The van der Waals surface area contributed by atoms with E-state index in [1.807, 2.05) is 29.5 Å². The molecule has 1 unspecified atom stereocenters. The second kappa shape index (κ2) is 9.86. The Balaban J connectivity index is 1.57. The monoisotopic (exact) mass is 486 g/mol. The van der Waals surface area contributed by atoms with Crippen molar-refractivity contribution in [3.05, 3.63) is 46.0 Å². The van der Waals surface area contributed by atoms with Gasteiger partial charge in [0, 0.05) is 31.7 Å². The Kier molecular flexibility index (Phi) is 6.91. The number of nitrogens with zero attached hydrogens (tertiary/aromatic N) is 4. The molecule has 0 saturated carbocycles. The van der Waals surface area contributed by atoms with Crippen LogP contribution in [0.5, 0.6) is 5.75 Å². The Hall–Kier alpha value is -3.02. The smallest absolute Gasteiger partial charge is 0.254 e. The van der Waals surface area contributed by atoms with Crippen LogP contribution in [0.25, 0.3) is 10.7 Å². The van der Waals surface area contributed by atoms with Crippen LogP contribution in [-0.2, 0) is 4.79 Å². The summed E-state index contributed by atoms with van der Waals surface area (Å²) in [4.78, 5) is 31.1. The summed E-state index contributed by atoms with van der Waals surface area (Å²) in [5, 5.41) is 11.9. The van der Waals surface area contributed by atoms with Gasteiger partial charge in [-0.3, -0.25) is 19.3 Å². The molecule has 4 rings (SSSR count). The van der Waals surface area contributed by atoms with Crippen LogP contribution in [-0.4, -0.2) is 76.7 Å². The highest BCUT2D eigenvalue weighted by Gasteiger charge is 2.24. The SMILES string of the molecule is COc1ccc(C(=O)N2CCN(C)CC2)cc1NC(=O)C(C)n1c(-c2cccs2)n[nH]c1=S. The molecule has 0 spiro atoms. The molecule has 3 heterocycles. The van der Waals surface area contributed by atoms with Crippen molar-refractivity contribution in [1.82, 2.24) is 24.6 Å². The maximum atomic E-state index is 13.2. The number of benzene rings is 1. The van der Waals surface area contributed by atoms with Crippen molar-refractivity contribution >= 4 is 41.1 Å². The van der Waals surface area contributed by atoms with Gasteiger partial charge in [0.2, 0.25) is 5.91 Å². The van der Waals surface area contributed by atoms with Crippen LogP contribution >= 0.6 is 23.6 Å². The number of ether oxygens (including phenoxy) is 1. The topological polar surface area (TPSA) is 95.5 Å². The predicted molar refractivity (Wildman–Crippen MR) is 130 cm³/mol. The van der Waals surface area contributed by atoms with Crippen LogP contribution in [0.15, 0.2) is 35.7 Å². The number of methoxy groups -OCH3 is 1.